The molecule has 2 aliphatic heterocycles. The summed E-state index contributed by atoms with van der Waals surface area (Å²) in [4.78, 5) is 2.34. The number of hydrogen-bond donors (Lipinski definition) is 1. The van der Waals surface area contributed by atoms with E-state index in [1.54, 1.807) is 0 Å². The van der Waals surface area contributed by atoms with Crippen LogP contribution in [0.4, 0.5) is 0 Å². The molecule has 0 amide bonds. The van der Waals surface area contributed by atoms with Gasteiger partial charge in [-0.15, -0.1) is 23.5 Å². The summed E-state index contributed by atoms with van der Waals surface area (Å²) in [7, 11) is 4.32. The molecule has 130 valence electrons. The summed E-state index contributed by atoms with van der Waals surface area (Å²) < 4.78 is 2.07. The van der Waals surface area contributed by atoms with E-state index in [4.69, 9.17) is 0 Å². The van der Waals surface area contributed by atoms with E-state index in [0.29, 0.717) is 0 Å². The Balaban J connectivity index is 1.85. The lowest BCUT2D eigenvalue weighted by Gasteiger charge is -2.51. The van der Waals surface area contributed by atoms with Crippen LogP contribution in [-0.4, -0.2) is 51.8 Å². The van der Waals surface area contributed by atoms with Gasteiger partial charge in [-0.2, -0.15) is 0 Å². The minimum absolute atomic E-state index is 0.250. The molecule has 0 aliphatic carbocycles. The third-order valence-corrected chi connectivity index (χ3v) is 9.30. The lowest BCUT2D eigenvalue weighted by Crippen LogP contribution is -2.55. The molecule has 1 N–H and O–H groups in total. The molecule has 0 radical (unpaired) electrons. The molecule has 2 aromatic rings. The summed E-state index contributed by atoms with van der Waals surface area (Å²) in [5.74, 6) is 2.26. The van der Waals surface area contributed by atoms with Gasteiger partial charge in [0.2, 0.25) is 0 Å². The van der Waals surface area contributed by atoms with Crippen LogP contribution in [0.3, 0.4) is 0 Å². The second kappa shape index (κ2) is 6.27. The van der Waals surface area contributed by atoms with E-state index in [1.165, 1.54) is 23.0 Å². The number of nitrogens with zero attached hydrogens (tertiary/aromatic N) is 2. The van der Waals surface area contributed by atoms with Gasteiger partial charge in [-0.25, -0.2) is 0 Å². The largest absolute Gasteiger partial charge is 0.387 e. The van der Waals surface area contributed by atoms with Crippen molar-refractivity contribution in [2.45, 2.75) is 28.9 Å². The van der Waals surface area contributed by atoms with Crippen molar-refractivity contribution in [2.75, 3.05) is 31.6 Å². The topological polar surface area (TPSA) is 28.4 Å². The summed E-state index contributed by atoms with van der Waals surface area (Å²) in [5.41, 5.74) is 1.90. The summed E-state index contributed by atoms with van der Waals surface area (Å²) in [5, 5.41) is 13.1. The number of hydrogen-bond acceptors (Lipinski definition) is 4. The predicted octanol–water partition coefficient (Wildman–Crippen LogP) is 3.66. The van der Waals surface area contributed by atoms with Crippen molar-refractivity contribution in [1.82, 2.24) is 9.47 Å². The molecule has 2 aliphatic rings. The van der Waals surface area contributed by atoms with E-state index in [-0.39, 0.29) is 4.08 Å². The molecule has 0 bridgehead atoms. The zero-order valence-corrected chi connectivity index (χ0v) is 16.1. The smallest absolute Gasteiger partial charge is 0.130 e. The Hall–Kier alpha value is -0.620. The van der Waals surface area contributed by atoms with Crippen molar-refractivity contribution in [3.05, 3.63) is 36.0 Å². The molecule has 0 unspecified atom stereocenters. The van der Waals surface area contributed by atoms with Gasteiger partial charge in [0.1, 0.15) is 4.08 Å². The zero-order valence-electron chi connectivity index (χ0n) is 14.5. The molecule has 0 saturated carbocycles. The fraction of sp³-hybridized carbons (Fsp3) is 0.579. The maximum absolute atomic E-state index is 11.8. The Kier molecular flexibility index (Phi) is 4.40. The Bertz CT molecular complexity index is 728. The lowest BCUT2D eigenvalue weighted by atomic mass is 9.85. The molecule has 4 rings (SSSR count). The summed E-state index contributed by atoms with van der Waals surface area (Å²) in [6, 6.07) is 10.9. The van der Waals surface area contributed by atoms with Gasteiger partial charge in [-0.3, -0.25) is 0 Å². The number of piperidine rings is 1. The number of para-hydroxylation sites is 1. The Morgan fingerprint density at radius 3 is 2.38 bits per heavy atom. The number of rotatable bonds is 2. The van der Waals surface area contributed by atoms with E-state index in [1.807, 2.05) is 23.5 Å². The average Bonchev–Trinajstić information content (AvgIpc) is 2.96. The van der Waals surface area contributed by atoms with Crippen LogP contribution in [0.15, 0.2) is 30.3 Å². The van der Waals surface area contributed by atoms with Crippen LogP contribution in [-0.2, 0) is 11.1 Å². The first-order chi connectivity index (χ1) is 11.6. The quantitative estimate of drug-likeness (QED) is 0.883. The third-order valence-electron chi connectivity index (χ3n) is 5.62. The molecule has 1 aromatic carbocycles. The minimum atomic E-state index is -0.641. The van der Waals surface area contributed by atoms with Gasteiger partial charge in [0.05, 0.1) is 5.60 Å². The fourth-order valence-corrected chi connectivity index (χ4v) is 7.91. The molecule has 3 heterocycles. The number of benzene rings is 1. The van der Waals surface area contributed by atoms with Gasteiger partial charge in [0, 0.05) is 31.3 Å². The molecule has 2 saturated heterocycles. The number of fused-ring (bicyclic) bond motifs is 1. The molecule has 24 heavy (non-hydrogen) atoms. The van der Waals surface area contributed by atoms with Gasteiger partial charge in [0.25, 0.3) is 0 Å². The van der Waals surface area contributed by atoms with Crippen LogP contribution in [0.5, 0.6) is 0 Å². The first-order valence-corrected chi connectivity index (χ1v) is 10.8. The van der Waals surface area contributed by atoms with Gasteiger partial charge >= 0.3 is 0 Å². The van der Waals surface area contributed by atoms with Crippen LogP contribution >= 0.6 is 23.5 Å². The standard InChI is InChI=1S/C19H26N2OS2/c1-20-10-8-18(22,9-11-20)19(23-12-5-13-24-19)17-14-15-6-3-4-7-16(15)21(17)2/h3-4,6-7,14,22H,5,8-13H2,1-2H3. The zero-order chi connectivity index (χ0) is 16.8. The van der Waals surface area contributed by atoms with E-state index in [0.717, 1.165) is 37.4 Å². The van der Waals surface area contributed by atoms with Crippen molar-refractivity contribution < 1.29 is 5.11 Å². The molecule has 0 atom stereocenters. The lowest BCUT2D eigenvalue weighted by molar-refractivity contribution is -0.0278. The van der Waals surface area contributed by atoms with Crippen molar-refractivity contribution in [2.24, 2.45) is 7.05 Å². The molecule has 2 fully saturated rings. The second-order valence-electron chi connectivity index (χ2n) is 7.15. The van der Waals surface area contributed by atoms with Crippen LogP contribution in [0, 0.1) is 0 Å². The number of aliphatic hydroxyl groups is 1. The number of likely N-dealkylation sites (tertiary alicyclic amines) is 1. The van der Waals surface area contributed by atoms with E-state index < -0.39 is 5.60 Å². The number of thioether (sulfide) groups is 2. The highest BCUT2D eigenvalue weighted by molar-refractivity contribution is 8.18. The van der Waals surface area contributed by atoms with E-state index >= 15 is 0 Å². The number of aromatic nitrogens is 1. The van der Waals surface area contributed by atoms with Gasteiger partial charge in [-0.05, 0) is 55.3 Å². The fourth-order valence-electron chi connectivity index (χ4n) is 4.11. The van der Waals surface area contributed by atoms with E-state index in [2.05, 4.69) is 53.9 Å². The van der Waals surface area contributed by atoms with Crippen LogP contribution in [0.1, 0.15) is 25.0 Å². The van der Waals surface area contributed by atoms with Gasteiger partial charge in [0.15, 0.2) is 0 Å². The molecular formula is C19H26N2OS2. The van der Waals surface area contributed by atoms with Crippen molar-refractivity contribution in [3.63, 3.8) is 0 Å². The molecule has 0 spiro atoms. The summed E-state index contributed by atoms with van der Waals surface area (Å²) >= 11 is 3.95. The molecule has 5 heteroatoms. The molecular weight excluding hydrogens is 336 g/mol. The van der Waals surface area contributed by atoms with Gasteiger partial charge in [-0.1, -0.05) is 18.2 Å². The van der Waals surface area contributed by atoms with E-state index in [9.17, 15) is 5.11 Å². The number of aryl methyl sites for hydroxylation is 1. The van der Waals surface area contributed by atoms with Gasteiger partial charge < -0.3 is 14.6 Å². The first kappa shape index (κ1) is 16.8. The Labute approximate surface area is 152 Å². The summed E-state index contributed by atoms with van der Waals surface area (Å²) in [6.45, 7) is 1.95. The highest BCUT2D eigenvalue weighted by atomic mass is 32.2. The monoisotopic (exact) mass is 362 g/mol. The second-order valence-corrected chi connectivity index (χ2v) is 10.0. The maximum Gasteiger partial charge on any atom is 0.130 e. The normalized spacial score (nSPS) is 24.3. The van der Waals surface area contributed by atoms with Crippen molar-refractivity contribution >= 4 is 34.4 Å². The average molecular weight is 363 g/mol. The van der Waals surface area contributed by atoms with Crippen LogP contribution < -0.4 is 0 Å². The minimum Gasteiger partial charge on any atom is -0.387 e. The first-order valence-electron chi connectivity index (χ1n) is 8.80. The maximum atomic E-state index is 11.8. The highest BCUT2D eigenvalue weighted by Crippen LogP contribution is 2.60. The Morgan fingerprint density at radius 2 is 1.71 bits per heavy atom. The SMILES string of the molecule is CN1CCC(O)(C2(c3cc4ccccc4n3C)SCCCS2)CC1. The predicted molar refractivity (Wildman–Crippen MR) is 106 cm³/mol. The third kappa shape index (κ3) is 2.52. The van der Waals surface area contributed by atoms with Crippen molar-refractivity contribution in [1.29, 1.82) is 0 Å². The molecule has 3 nitrogen and oxygen atoms in total. The highest BCUT2D eigenvalue weighted by Gasteiger charge is 2.55. The van der Waals surface area contributed by atoms with Crippen molar-refractivity contribution in [3.8, 4) is 0 Å². The van der Waals surface area contributed by atoms with Crippen LogP contribution in [0.2, 0.25) is 0 Å². The summed E-state index contributed by atoms with van der Waals surface area (Å²) in [6.07, 6.45) is 2.94. The van der Waals surface area contributed by atoms with Crippen LogP contribution in [0.25, 0.3) is 10.9 Å². The molecule has 1 aromatic heterocycles. The Morgan fingerprint density at radius 1 is 1.04 bits per heavy atom.